The molecular weight excluding hydrogens is 298 g/mol. The summed E-state index contributed by atoms with van der Waals surface area (Å²) in [4.78, 5) is 12.2. The molecule has 2 aliphatic rings. The molecule has 3 rings (SSSR count). The lowest BCUT2D eigenvalue weighted by Crippen LogP contribution is -2.42. The van der Waals surface area contributed by atoms with Gasteiger partial charge in [-0.1, -0.05) is 26.3 Å². The number of benzene rings is 1. The predicted octanol–water partition coefficient (Wildman–Crippen LogP) is 4.44. The van der Waals surface area contributed by atoms with Gasteiger partial charge in [-0.25, -0.2) is 0 Å². The highest BCUT2D eigenvalue weighted by Gasteiger charge is 2.42. The van der Waals surface area contributed by atoms with E-state index in [-0.39, 0.29) is 18.6 Å². The highest BCUT2D eigenvalue weighted by Crippen LogP contribution is 2.49. The predicted molar refractivity (Wildman–Crippen MR) is 97.3 cm³/mol. The number of rotatable bonds is 6. The molecule has 0 aromatic heterocycles. The topological polar surface area (TPSA) is 38.3 Å². The van der Waals surface area contributed by atoms with Crippen LogP contribution in [-0.4, -0.2) is 18.6 Å². The molecule has 0 spiro atoms. The summed E-state index contributed by atoms with van der Waals surface area (Å²) < 4.78 is 5.70. The van der Waals surface area contributed by atoms with E-state index in [4.69, 9.17) is 4.74 Å². The normalized spacial score (nSPS) is 26.6. The summed E-state index contributed by atoms with van der Waals surface area (Å²) in [5, 5.41) is 3.16. The highest BCUT2D eigenvalue weighted by molar-refractivity contribution is 5.77. The minimum atomic E-state index is -0.00383. The Bertz CT molecular complexity index is 596. The number of fused-ring (bicyclic) bond motifs is 2. The summed E-state index contributed by atoms with van der Waals surface area (Å²) in [6.45, 7) is 8.73. The van der Waals surface area contributed by atoms with E-state index in [0.717, 1.165) is 17.6 Å². The molecule has 2 saturated carbocycles. The van der Waals surface area contributed by atoms with Gasteiger partial charge in [-0.3, -0.25) is 4.79 Å². The number of carbonyl (C=O) groups excluding carboxylic acids is 1. The smallest absolute Gasteiger partial charge is 0.258 e. The van der Waals surface area contributed by atoms with Crippen molar-refractivity contribution in [1.29, 1.82) is 0 Å². The lowest BCUT2D eigenvalue weighted by atomic mass is 9.84. The van der Waals surface area contributed by atoms with Crippen LogP contribution in [0.5, 0.6) is 5.75 Å². The third kappa shape index (κ3) is 3.76. The lowest BCUT2D eigenvalue weighted by Gasteiger charge is -2.28. The zero-order valence-electron chi connectivity index (χ0n) is 15.5. The third-order valence-electron chi connectivity index (χ3n) is 6.06. The average molecular weight is 329 g/mol. The first-order chi connectivity index (χ1) is 11.4. The van der Waals surface area contributed by atoms with Crippen molar-refractivity contribution < 1.29 is 9.53 Å². The van der Waals surface area contributed by atoms with Crippen LogP contribution in [0.3, 0.4) is 0 Å². The average Bonchev–Trinajstić information content (AvgIpc) is 3.15. The minimum absolute atomic E-state index is 0.00383. The van der Waals surface area contributed by atoms with Gasteiger partial charge >= 0.3 is 0 Å². The third-order valence-corrected chi connectivity index (χ3v) is 6.06. The first kappa shape index (κ1) is 17.3. The van der Waals surface area contributed by atoms with Crippen molar-refractivity contribution in [2.24, 2.45) is 17.8 Å². The van der Waals surface area contributed by atoms with E-state index < -0.39 is 0 Å². The monoisotopic (exact) mass is 329 g/mol. The Balaban J connectivity index is 1.48. The van der Waals surface area contributed by atoms with Crippen molar-refractivity contribution >= 4 is 5.91 Å². The molecule has 1 aromatic carbocycles. The maximum absolute atomic E-state index is 12.2. The maximum atomic E-state index is 12.2. The molecule has 2 bridgehead atoms. The Morgan fingerprint density at radius 3 is 2.62 bits per heavy atom. The molecular formula is C21H31NO2. The molecule has 2 fully saturated rings. The SMILES string of the molecule is Cc1cc(OCC(=O)N[C@H](C)[C@@H]2C[C@H]3CC[C@H]2C3)ccc1C(C)C. The van der Waals surface area contributed by atoms with Crippen LogP contribution in [0.2, 0.25) is 0 Å². The fraction of sp³-hybridized carbons (Fsp3) is 0.667. The van der Waals surface area contributed by atoms with E-state index in [1.54, 1.807) is 0 Å². The number of aryl methyl sites for hydroxylation is 1. The van der Waals surface area contributed by atoms with Gasteiger partial charge < -0.3 is 10.1 Å². The Morgan fingerprint density at radius 2 is 2.04 bits per heavy atom. The van der Waals surface area contributed by atoms with Crippen LogP contribution >= 0.6 is 0 Å². The summed E-state index contributed by atoms with van der Waals surface area (Å²) in [7, 11) is 0. The van der Waals surface area contributed by atoms with Crippen molar-refractivity contribution in [3.63, 3.8) is 0 Å². The van der Waals surface area contributed by atoms with E-state index in [9.17, 15) is 4.79 Å². The summed E-state index contributed by atoms with van der Waals surface area (Å²) in [5.41, 5.74) is 2.55. The quantitative estimate of drug-likeness (QED) is 0.838. The first-order valence-corrected chi connectivity index (χ1v) is 9.46. The Kier molecular flexibility index (Phi) is 5.17. The molecule has 1 N–H and O–H groups in total. The number of hydrogen-bond acceptors (Lipinski definition) is 2. The highest BCUT2D eigenvalue weighted by atomic mass is 16.5. The second kappa shape index (κ2) is 7.16. The molecule has 4 atom stereocenters. The van der Waals surface area contributed by atoms with E-state index in [0.29, 0.717) is 11.8 Å². The molecule has 0 saturated heterocycles. The van der Waals surface area contributed by atoms with Crippen LogP contribution in [0.15, 0.2) is 18.2 Å². The molecule has 1 amide bonds. The van der Waals surface area contributed by atoms with E-state index in [1.807, 2.05) is 12.1 Å². The summed E-state index contributed by atoms with van der Waals surface area (Å²) in [5.74, 6) is 3.69. The van der Waals surface area contributed by atoms with Gasteiger partial charge in [-0.05, 0) is 80.0 Å². The Hall–Kier alpha value is -1.51. The molecule has 132 valence electrons. The Labute approximate surface area is 146 Å². The first-order valence-electron chi connectivity index (χ1n) is 9.46. The molecule has 3 nitrogen and oxygen atoms in total. The summed E-state index contributed by atoms with van der Waals surface area (Å²) in [6.07, 6.45) is 5.43. The van der Waals surface area contributed by atoms with E-state index >= 15 is 0 Å². The van der Waals surface area contributed by atoms with Crippen LogP contribution < -0.4 is 10.1 Å². The van der Waals surface area contributed by atoms with Gasteiger partial charge in [0.05, 0.1) is 0 Å². The number of carbonyl (C=O) groups is 1. The molecule has 24 heavy (non-hydrogen) atoms. The number of hydrogen-bond donors (Lipinski definition) is 1. The molecule has 0 radical (unpaired) electrons. The molecule has 3 heteroatoms. The standard InChI is InChI=1S/C21H31NO2/c1-13(2)19-8-7-18(9-14(19)3)24-12-21(23)22-15(4)20-11-16-5-6-17(20)10-16/h7-9,13,15-17,20H,5-6,10-12H2,1-4H3,(H,22,23)/t15-,16+,17+,20+/m1/s1. The van der Waals surface area contributed by atoms with Crippen LogP contribution in [0.25, 0.3) is 0 Å². The van der Waals surface area contributed by atoms with Crippen molar-refractivity contribution in [2.75, 3.05) is 6.61 Å². The van der Waals surface area contributed by atoms with Gasteiger partial charge in [0.2, 0.25) is 0 Å². The van der Waals surface area contributed by atoms with Crippen molar-refractivity contribution in [2.45, 2.75) is 65.3 Å². The van der Waals surface area contributed by atoms with E-state index in [1.165, 1.54) is 36.8 Å². The van der Waals surface area contributed by atoms with Gasteiger partial charge in [0, 0.05) is 6.04 Å². The van der Waals surface area contributed by atoms with Crippen molar-refractivity contribution in [3.8, 4) is 5.75 Å². The van der Waals surface area contributed by atoms with Crippen molar-refractivity contribution in [1.82, 2.24) is 5.32 Å². The molecule has 1 aromatic rings. The van der Waals surface area contributed by atoms with Crippen LogP contribution in [-0.2, 0) is 4.79 Å². The van der Waals surface area contributed by atoms with Gasteiger partial charge in [-0.2, -0.15) is 0 Å². The molecule has 2 aliphatic carbocycles. The fourth-order valence-electron chi connectivity index (χ4n) is 4.84. The minimum Gasteiger partial charge on any atom is -0.484 e. The summed E-state index contributed by atoms with van der Waals surface area (Å²) >= 11 is 0. The number of amides is 1. The maximum Gasteiger partial charge on any atom is 0.258 e. The van der Waals surface area contributed by atoms with Gasteiger partial charge in [0.15, 0.2) is 6.61 Å². The molecule has 0 aliphatic heterocycles. The zero-order valence-corrected chi connectivity index (χ0v) is 15.5. The summed E-state index contributed by atoms with van der Waals surface area (Å²) in [6, 6.07) is 6.36. The van der Waals surface area contributed by atoms with Crippen molar-refractivity contribution in [3.05, 3.63) is 29.3 Å². The molecule has 0 heterocycles. The lowest BCUT2D eigenvalue weighted by molar-refractivity contribution is -0.124. The fourth-order valence-corrected chi connectivity index (χ4v) is 4.84. The zero-order chi connectivity index (χ0) is 17.3. The van der Waals surface area contributed by atoms with Crippen LogP contribution in [0, 0.1) is 24.7 Å². The molecule has 0 unspecified atom stereocenters. The Morgan fingerprint density at radius 1 is 1.25 bits per heavy atom. The van der Waals surface area contributed by atoms with Gasteiger partial charge in [0.1, 0.15) is 5.75 Å². The van der Waals surface area contributed by atoms with Crippen LogP contribution in [0.1, 0.15) is 63.5 Å². The van der Waals surface area contributed by atoms with Gasteiger partial charge in [0.25, 0.3) is 5.91 Å². The van der Waals surface area contributed by atoms with Crippen LogP contribution in [0.4, 0.5) is 0 Å². The number of nitrogens with one attached hydrogen (secondary N) is 1. The second-order valence-electron chi connectivity index (χ2n) is 8.16. The van der Waals surface area contributed by atoms with E-state index in [2.05, 4.69) is 39.1 Å². The largest absolute Gasteiger partial charge is 0.484 e. The van der Waals surface area contributed by atoms with Gasteiger partial charge in [-0.15, -0.1) is 0 Å². The second-order valence-corrected chi connectivity index (χ2v) is 8.16. The number of ether oxygens (including phenoxy) is 1.